The van der Waals surface area contributed by atoms with Crippen LogP contribution in [0.25, 0.3) is 0 Å². The van der Waals surface area contributed by atoms with E-state index in [2.05, 4.69) is 12.1 Å². The predicted octanol–water partition coefficient (Wildman–Crippen LogP) is 6.27. The van der Waals surface area contributed by atoms with E-state index in [4.69, 9.17) is 0 Å². The minimum absolute atomic E-state index is 0.0962. The van der Waals surface area contributed by atoms with Gasteiger partial charge in [-0.15, -0.1) is 11.8 Å². The van der Waals surface area contributed by atoms with Gasteiger partial charge in [0.05, 0.1) is 12.0 Å². The fourth-order valence-corrected chi connectivity index (χ4v) is 6.16. The molecule has 0 saturated heterocycles. The summed E-state index contributed by atoms with van der Waals surface area (Å²) in [6, 6.07) is 16.3. The number of thioether (sulfide) groups is 2. The molecule has 2 nitrogen and oxygen atoms in total. The van der Waals surface area contributed by atoms with Crippen LogP contribution in [0.4, 0.5) is 0 Å². The number of carbonyl (C=O) groups is 1. The zero-order valence-corrected chi connectivity index (χ0v) is 18.4. The lowest BCUT2D eigenvalue weighted by molar-refractivity contribution is -0.118. The lowest BCUT2D eigenvalue weighted by atomic mass is 9.81. The topological polar surface area (TPSA) is 37.3 Å². The molecule has 0 unspecified atom stereocenters. The Morgan fingerprint density at radius 3 is 2.29 bits per heavy atom. The molecule has 2 aromatic rings. The summed E-state index contributed by atoms with van der Waals surface area (Å²) in [5, 5.41) is 11.2. The third kappa shape index (κ3) is 5.65. The summed E-state index contributed by atoms with van der Waals surface area (Å²) in [6.45, 7) is 4.10. The van der Waals surface area contributed by atoms with Crippen LogP contribution in [-0.2, 0) is 4.79 Å². The molecule has 150 valence electrons. The van der Waals surface area contributed by atoms with Crippen LogP contribution in [-0.4, -0.2) is 22.1 Å². The van der Waals surface area contributed by atoms with Crippen molar-refractivity contribution < 1.29 is 9.90 Å². The average Bonchev–Trinajstić information content (AvgIpc) is 2.72. The maximum atomic E-state index is 13.3. The Morgan fingerprint density at radius 2 is 1.64 bits per heavy atom. The molecule has 1 N–H and O–H groups in total. The van der Waals surface area contributed by atoms with Crippen molar-refractivity contribution in [1.29, 1.82) is 0 Å². The highest BCUT2D eigenvalue weighted by Gasteiger charge is 2.34. The number of aryl methyl sites for hydroxylation is 2. The van der Waals surface area contributed by atoms with Gasteiger partial charge >= 0.3 is 0 Å². The number of aliphatic hydroxyl groups is 1. The number of rotatable bonds is 7. The van der Waals surface area contributed by atoms with Crippen molar-refractivity contribution in [3.05, 3.63) is 59.7 Å². The van der Waals surface area contributed by atoms with Gasteiger partial charge in [0.1, 0.15) is 0 Å². The van der Waals surface area contributed by atoms with Crippen LogP contribution in [0.15, 0.2) is 58.3 Å². The van der Waals surface area contributed by atoms with Gasteiger partial charge in [-0.1, -0.05) is 67.4 Å². The van der Waals surface area contributed by atoms with Gasteiger partial charge in [0.2, 0.25) is 0 Å². The highest BCUT2D eigenvalue weighted by Crippen LogP contribution is 2.37. The number of aliphatic hydroxyl groups excluding tert-OH is 1. The number of hydrogen-bond acceptors (Lipinski definition) is 4. The molecule has 1 aliphatic carbocycles. The minimum Gasteiger partial charge on any atom is -0.392 e. The summed E-state index contributed by atoms with van der Waals surface area (Å²) in [6.07, 6.45) is 5.10. The molecule has 28 heavy (non-hydrogen) atoms. The monoisotopic (exact) mass is 414 g/mol. The zero-order valence-electron chi connectivity index (χ0n) is 16.8. The first-order valence-electron chi connectivity index (χ1n) is 10.2. The second kappa shape index (κ2) is 10.5. The smallest absolute Gasteiger partial charge is 0.200 e. The highest BCUT2D eigenvalue weighted by molar-refractivity contribution is 8.13. The second-order valence-electron chi connectivity index (χ2n) is 7.76. The Morgan fingerprint density at radius 1 is 1.00 bits per heavy atom. The van der Waals surface area contributed by atoms with Gasteiger partial charge in [-0.2, -0.15) is 0 Å². The SMILES string of the molecule is Cc1cccc(C)c1SC(=O)[C@@H](CSc1ccccc1)[C@H](O)C1CCCCC1. The van der Waals surface area contributed by atoms with Gasteiger partial charge in [0, 0.05) is 15.5 Å². The van der Waals surface area contributed by atoms with Crippen molar-refractivity contribution in [3.8, 4) is 0 Å². The number of carbonyl (C=O) groups excluding carboxylic acids is 1. The van der Waals surface area contributed by atoms with Crippen LogP contribution >= 0.6 is 23.5 Å². The largest absolute Gasteiger partial charge is 0.392 e. The van der Waals surface area contributed by atoms with Gasteiger partial charge in [-0.3, -0.25) is 4.79 Å². The highest BCUT2D eigenvalue weighted by atomic mass is 32.2. The number of benzene rings is 2. The molecule has 1 fully saturated rings. The van der Waals surface area contributed by atoms with Crippen LogP contribution in [0.5, 0.6) is 0 Å². The van der Waals surface area contributed by atoms with Gasteiger partial charge in [0.15, 0.2) is 5.12 Å². The third-order valence-corrected chi connectivity index (χ3v) is 8.12. The van der Waals surface area contributed by atoms with Crippen LogP contribution in [0.1, 0.15) is 43.2 Å². The quantitative estimate of drug-likeness (QED) is 0.542. The van der Waals surface area contributed by atoms with E-state index in [9.17, 15) is 9.90 Å². The van der Waals surface area contributed by atoms with E-state index in [1.165, 1.54) is 31.0 Å². The van der Waals surface area contributed by atoms with Crippen molar-refractivity contribution in [2.24, 2.45) is 11.8 Å². The summed E-state index contributed by atoms with van der Waals surface area (Å²) in [5.74, 6) is 0.522. The molecule has 4 heteroatoms. The fraction of sp³-hybridized carbons (Fsp3) is 0.458. The molecular formula is C24H30O2S2. The van der Waals surface area contributed by atoms with Crippen molar-refractivity contribution in [2.45, 2.75) is 61.8 Å². The normalized spacial score (nSPS) is 17.2. The maximum absolute atomic E-state index is 13.3. The Bertz CT molecular complexity index is 749. The van der Waals surface area contributed by atoms with Gasteiger partial charge in [0.25, 0.3) is 0 Å². The van der Waals surface area contributed by atoms with E-state index in [0.29, 0.717) is 5.75 Å². The first-order chi connectivity index (χ1) is 13.6. The molecule has 0 heterocycles. The molecule has 0 radical (unpaired) electrons. The van der Waals surface area contributed by atoms with Crippen LogP contribution < -0.4 is 0 Å². The van der Waals surface area contributed by atoms with Crippen molar-refractivity contribution in [3.63, 3.8) is 0 Å². The molecule has 0 aliphatic heterocycles. The molecule has 0 aromatic heterocycles. The Hall–Kier alpha value is -1.23. The van der Waals surface area contributed by atoms with Gasteiger partial charge < -0.3 is 5.11 Å². The zero-order chi connectivity index (χ0) is 19.9. The van der Waals surface area contributed by atoms with Crippen molar-refractivity contribution >= 4 is 28.6 Å². The van der Waals surface area contributed by atoms with E-state index in [0.717, 1.165) is 33.8 Å². The summed E-state index contributed by atoms with van der Waals surface area (Å²) in [7, 11) is 0. The van der Waals surface area contributed by atoms with E-state index in [-0.39, 0.29) is 17.0 Å². The van der Waals surface area contributed by atoms with Crippen LogP contribution in [0.3, 0.4) is 0 Å². The summed E-state index contributed by atoms with van der Waals surface area (Å²) in [5.41, 5.74) is 2.25. The first-order valence-corrected chi connectivity index (χ1v) is 12.0. The molecule has 2 aromatic carbocycles. The summed E-state index contributed by atoms with van der Waals surface area (Å²) >= 11 is 2.99. The first kappa shape index (κ1) is 21.5. The maximum Gasteiger partial charge on any atom is 0.200 e. The predicted molar refractivity (Wildman–Crippen MR) is 120 cm³/mol. The molecule has 0 spiro atoms. The van der Waals surface area contributed by atoms with Gasteiger partial charge in [-0.05, 0) is 55.9 Å². The Balaban J connectivity index is 1.76. The van der Waals surface area contributed by atoms with Gasteiger partial charge in [-0.25, -0.2) is 0 Å². The van der Waals surface area contributed by atoms with Crippen molar-refractivity contribution in [1.82, 2.24) is 0 Å². The number of hydrogen-bond donors (Lipinski definition) is 1. The summed E-state index contributed by atoms with van der Waals surface area (Å²) < 4.78 is 0. The average molecular weight is 415 g/mol. The molecular weight excluding hydrogens is 384 g/mol. The molecule has 0 amide bonds. The fourth-order valence-electron chi connectivity index (χ4n) is 3.95. The molecule has 1 saturated carbocycles. The Labute approximate surface area is 177 Å². The third-order valence-electron chi connectivity index (χ3n) is 5.63. The summed E-state index contributed by atoms with van der Waals surface area (Å²) in [4.78, 5) is 15.5. The molecule has 2 atom stereocenters. The van der Waals surface area contributed by atoms with Crippen LogP contribution in [0.2, 0.25) is 0 Å². The van der Waals surface area contributed by atoms with E-state index in [1.807, 2.05) is 50.2 Å². The van der Waals surface area contributed by atoms with E-state index < -0.39 is 6.10 Å². The lowest BCUT2D eigenvalue weighted by Gasteiger charge is -2.31. The molecule has 3 rings (SSSR count). The van der Waals surface area contributed by atoms with E-state index >= 15 is 0 Å². The Kier molecular flexibility index (Phi) is 8.07. The minimum atomic E-state index is -0.555. The molecule has 1 aliphatic rings. The molecule has 0 bridgehead atoms. The standard InChI is InChI=1S/C24H30O2S2/c1-17-10-9-11-18(2)23(17)28-24(26)21(16-27-20-14-7-4-8-15-20)22(25)19-12-5-3-6-13-19/h4,7-11,14-15,19,21-22,25H,3,5-6,12-13,16H2,1-2H3/t21-,22+/m0/s1. The second-order valence-corrected chi connectivity index (χ2v) is 9.87. The van der Waals surface area contributed by atoms with Crippen LogP contribution in [0, 0.1) is 25.7 Å². The van der Waals surface area contributed by atoms with Crippen molar-refractivity contribution in [2.75, 3.05) is 5.75 Å². The van der Waals surface area contributed by atoms with E-state index in [1.54, 1.807) is 11.8 Å². The lowest BCUT2D eigenvalue weighted by Crippen LogP contribution is -2.36.